The van der Waals surface area contributed by atoms with Gasteiger partial charge in [0.15, 0.2) is 0 Å². The molecule has 6 nitrogen and oxygen atoms in total. The summed E-state index contributed by atoms with van der Waals surface area (Å²) in [6.45, 7) is 1.68. The fourth-order valence-corrected chi connectivity index (χ4v) is 6.13. The van der Waals surface area contributed by atoms with Gasteiger partial charge in [-0.25, -0.2) is 0 Å². The average Bonchev–Trinajstić information content (AvgIpc) is 3.34. The van der Waals surface area contributed by atoms with E-state index >= 15 is 0 Å². The van der Waals surface area contributed by atoms with E-state index < -0.39 is 11.8 Å². The van der Waals surface area contributed by atoms with Crippen LogP contribution < -0.4 is 11.1 Å². The number of rotatable bonds is 4. The van der Waals surface area contributed by atoms with Gasteiger partial charge in [0.2, 0.25) is 0 Å². The van der Waals surface area contributed by atoms with E-state index in [0.29, 0.717) is 38.2 Å². The number of nitrogens with zero attached hydrogens (tertiary/aromatic N) is 1. The first kappa shape index (κ1) is 24.5. The summed E-state index contributed by atoms with van der Waals surface area (Å²) in [5.74, 6) is -0.523. The molecule has 0 unspecified atom stereocenters. The largest absolute Gasteiger partial charge is 0.365 e. The molecule has 0 atom stereocenters. The molecule has 0 bridgehead atoms. The monoisotopic (exact) mass is 499 g/mol. The summed E-state index contributed by atoms with van der Waals surface area (Å²) in [6, 6.07) is 7.17. The van der Waals surface area contributed by atoms with Crippen molar-refractivity contribution in [1.82, 2.24) is 5.16 Å². The normalized spacial score (nSPS) is 15.1. The number of nitrogens with two attached hydrogens (primary N) is 1. The molecule has 0 spiro atoms. The minimum Gasteiger partial charge on any atom is -0.365 e. The average molecular weight is 500 g/mol. The van der Waals surface area contributed by atoms with Gasteiger partial charge in [-0.3, -0.25) is 9.59 Å². The lowest BCUT2D eigenvalue weighted by atomic mass is 9.97. The first-order valence-electron chi connectivity index (χ1n) is 11.9. The van der Waals surface area contributed by atoms with E-state index in [9.17, 15) is 9.59 Å². The van der Waals surface area contributed by atoms with Crippen molar-refractivity contribution in [3.05, 3.63) is 56.6 Å². The third-order valence-electron chi connectivity index (χ3n) is 6.36. The highest BCUT2D eigenvalue weighted by Gasteiger charge is 2.27. The number of thiophene rings is 1. The van der Waals surface area contributed by atoms with Gasteiger partial charge in [-0.15, -0.1) is 11.3 Å². The summed E-state index contributed by atoms with van der Waals surface area (Å²) in [5.41, 5.74) is 8.56. The number of hydrogen-bond donors (Lipinski definition) is 2. The van der Waals surface area contributed by atoms with Gasteiger partial charge in [0.25, 0.3) is 11.8 Å². The van der Waals surface area contributed by atoms with E-state index in [1.54, 1.807) is 19.1 Å². The third-order valence-corrected chi connectivity index (χ3v) is 7.90. The quantitative estimate of drug-likeness (QED) is 0.406. The highest BCUT2D eigenvalue weighted by molar-refractivity contribution is 7.17. The van der Waals surface area contributed by atoms with Gasteiger partial charge in [0.1, 0.15) is 22.0 Å². The van der Waals surface area contributed by atoms with Gasteiger partial charge in [-0.2, -0.15) is 0 Å². The van der Waals surface area contributed by atoms with Gasteiger partial charge < -0.3 is 15.6 Å². The molecule has 0 fully saturated rings. The molecule has 0 saturated carbocycles. The van der Waals surface area contributed by atoms with Gasteiger partial charge in [0, 0.05) is 10.4 Å². The van der Waals surface area contributed by atoms with Gasteiger partial charge in [-0.1, -0.05) is 73.5 Å². The zero-order valence-corrected chi connectivity index (χ0v) is 21.0. The van der Waals surface area contributed by atoms with Crippen molar-refractivity contribution in [3.63, 3.8) is 0 Å². The molecule has 1 aliphatic rings. The van der Waals surface area contributed by atoms with Crippen molar-refractivity contribution in [3.8, 4) is 11.3 Å². The van der Waals surface area contributed by atoms with Crippen LogP contribution in [-0.4, -0.2) is 17.0 Å². The van der Waals surface area contributed by atoms with Crippen LogP contribution in [0.4, 0.5) is 5.00 Å². The van der Waals surface area contributed by atoms with Crippen molar-refractivity contribution < 1.29 is 14.1 Å². The summed E-state index contributed by atoms with van der Waals surface area (Å²) in [6.07, 6.45) is 11.1. The number of benzene rings is 1. The van der Waals surface area contributed by atoms with E-state index in [4.69, 9.17) is 21.9 Å². The smallest absolute Gasteiger partial charge is 0.262 e. The standard InChI is InChI=1S/C26H30ClN3O3S/c1-16-21(23(30-33-16)17-12-10-11-14-19(17)27)25(32)29-26-22(24(28)31)18-13-8-6-4-2-3-5-7-9-15-20(18)34-26/h10-12,14H,2-9,13,15H2,1H3,(H2,28,31)(H,29,32). The van der Waals surface area contributed by atoms with Crippen LogP contribution in [0.1, 0.15) is 88.3 Å². The summed E-state index contributed by atoms with van der Waals surface area (Å²) >= 11 is 7.82. The summed E-state index contributed by atoms with van der Waals surface area (Å²) in [7, 11) is 0. The second-order valence-electron chi connectivity index (χ2n) is 8.80. The Balaban J connectivity index is 1.67. The van der Waals surface area contributed by atoms with Crippen molar-refractivity contribution in [1.29, 1.82) is 0 Å². The van der Waals surface area contributed by atoms with Gasteiger partial charge in [0.05, 0.1) is 10.6 Å². The van der Waals surface area contributed by atoms with E-state index in [2.05, 4.69) is 10.5 Å². The van der Waals surface area contributed by atoms with E-state index in [1.807, 2.05) is 12.1 Å². The van der Waals surface area contributed by atoms with Crippen LogP contribution in [0.5, 0.6) is 0 Å². The minimum absolute atomic E-state index is 0.297. The van der Waals surface area contributed by atoms with Crippen molar-refractivity contribution in [2.45, 2.75) is 71.1 Å². The first-order valence-corrected chi connectivity index (χ1v) is 13.1. The number of nitrogens with one attached hydrogen (secondary N) is 1. The van der Waals surface area contributed by atoms with Crippen LogP contribution >= 0.6 is 22.9 Å². The van der Waals surface area contributed by atoms with Crippen LogP contribution in [0.3, 0.4) is 0 Å². The Labute approximate surface area is 208 Å². The van der Waals surface area contributed by atoms with Crippen molar-refractivity contribution in [2.75, 3.05) is 5.32 Å². The molecular weight excluding hydrogens is 470 g/mol. The second kappa shape index (κ2) is 11.2. The van der Waals surface area contributed by atoms with Crippen LogP contribution in [0.15, 0.2) is 28.8 Å². The number of fused-ring (bicyclic) bond motifs is 1. The first-order chi connectivity index (χ1) is 16.5. The lowest BCUT2D eigenvalue weighted by Crippen LogP contribution is -2.18. The fraction of sp³-hybridized carbons (Fsp3) is 0.423. The molecule has 34 heavy (non-hydrogen) atoms. The number of carbonyl (C=O) groups is 2. The Morgan fingerprint density at radius 2 is 1.65 bits per heavy atom. The number of primary amides is 1. The Hall–Kier alpha value is -2.64. The molecule has 3 N–H and O–H groups in total. The molecule has 2 aromatic heterocycles. The number of hydrogen-bond acceptors (Lipinski definition) is 5. The number of carbonyl (C=O) groups excluding carboxylic acids is 2. The number of halogens is 1. The van der Waals surface area contributed by atoms with Crippen LogP contribution in [0.25, 0.3) is 11.3 Å². The summed E-state index contributed by atoms with van der Waals surface area (Å²) in [4.78, 5) is 27.1. The molecule has 3 aromatic rings. The van der Waals surface area contributed by atoms with Crippen LogP contribution in [0.2, 0.25) is 5.02 Å². The Morgan fingerprint density at radius 3 is 2.32 bits per heavy atom. The molecular formula is C26H30ClN3O3S. The third kappa shape index (κ3) is 5.36. The predicted octanol–water partition coefficient (Wildman–Crippen LogP) is 6.94. The Morgan fingerprint density at radius 1 is 1.00 bits per heavy atom. The van der Waals surface area contributed by atoms with Gasteiger partial charge in [-0.05, 0) is 44.2 Å². The van der Waals surface area contributed by atoms with E-state index in [0.717, 1.165) is 42.5 Å². The fourth-order valence-electron chi connectivity index (χ4n) is 4.62. The SMILES string of the molecule is Cc1onc(-c2ccccc2Cl)c1C(=O)Nc1sc2c(c1C(N)=O)CCCCCCCCCC2. The highest BCUT2D eigenvalue weighted by Crippen LogP contribution is 2.37. The maximum absolute atomic E-state index is 13.4. The number of amides is 2. The zero-order valence-electron chi connectivity index (χ0n) is 19.4. The predicted molar refractivity (Wildman–Crippen MR) is 137 cm³/mol. The second-order valence-corrected chi connectivity index (χ2v) is 10.3. The lowest BCUT2D eigenvalue weighted by molar-refractivity contribution is 0.100. The summed E-state index contributed by atoms with van der Waals surface area (Å²) < 4.78 is 5.35. The molecule has 2 heterocycles. The molecule has 0 saturated heterocycles. The Bertz CT molecular complexity index is 1180. The molecule has 2 amide bonds. The number of aromatic nitrogens is 1. The molecule has 4 rings (SSSR count). The summed E-state index contributed by atoms with van der Waals surface area (Å²) in [5, 5.41) is 8.02. The molecule has 0 radical (unpaired) electrons. The maximum Gasteiger partial charge on any atom is 0.262 e. The van der Waals surface area contributed by atoms with Gasteiger partial charge >= 0.3 is 0 Å². The highest BCUT2D eigenvalue weighted by atomic mass is 35.5. The topological polar surface area (TPSA) is 98.2 Å². The van der Waals surface area contributed by atoms with E-state index in [-0.39, 0.29) is 0 Å². The van der Waals surface area contributed by atoms with E-state index in [1.165, 1.54) is 43.4 Å². The molecule has 0 aliphatic heterocycles. The number of anilines is 1. The molecule has 180 valence electrons. The van der Waals surface area contributed by atoms with Crippen molar-refractivity contribution in [2.24, 2.45) is 5.73 Å². The molecule has 1 aliphatic carbocycles. The Kier molecular flexibility index (Phi) is 8.06. The van der Waals surface area contributed by atoms with Crippen LogP contribution in [-0.2, 0) is 12.8 Å². The van der Waals surface area contributed by atoms with Crippen molar-refractivity contribution >= 4 is 39.8 Å². The number of aryl methyl sites for hydroxylation is 2. The molecule has 8 heteroatoms. The van der Waals surface area contributed by atoms with Crippen LogP contribution in [0, 0.1) is 6.92 Å². The molecule has 1 aromatic carbocycles. The minimum atomic E-state index is -0.506. The lowest BCUT2D eigenvalue weighted by Gasteiger charge is -2.09. The zero-order chi connectivity index (χ0) is 24.1. The maximum atomic E-state index is 13.4.